The van der Waals surface area contributed by atoms with Gasteiger partial charge >= 0.3 is 5.97 Å². The number of carbonyl (C=O) groups excluding carboxylic acids is 1. The van der Waals surface area contributed by atoms with Crippen LogP contribution in [0.3, 0.4) is 0 Å². The Balaban J connectivity index is 2.56. The molecule has 0 radical (unpaired) electrons. The van der Waals surface area contributed by atoms with Crippen molar-refractivity contribution in [1.29, 1.82) is 0 Å². The number of hydrogen-bond donors (Lipinski definition) is 1. The molecule has 18 heavy (non-hydrogen) atoms. The molecule has 2 rings (SSSR count). The number of nitrogen functional groups attached to an aromatic ring is 1. The largest absolute Gasteiger partial charge is 0.464 e. The zero-order valence-electron chi connectivity index (χ0n) is 9.98. The third-order valence-electron chi connectivity index (χ3n) is 2.68. The number of anilines is 1. The Morgan fingerprint density at radius 3 is 2.89 bits per heavy atom. The summed E-state index contributed by atoms with van der Waals surface area (Å²) in [6.45, 7) is 1.96. The molecule has 0 unspecified atom stereocenters. The Morgan fingerprint density at radius 2 is 2.22 bits per heavy atom. The van der Waals surface area contributed by atoms with Crippen molar-refractivity contribution in [3.05, 3.63) is 40.3 Å². The van der Waals surface area contributed by atoms with Gasteiger partial charge in [-0.2, -0.15) is 0 Å². The molecule has 0 bridgehead atoms. The van der Waals surface area contributed by atoms with Gasteiger partial charge in [0.1, 0.15) is 12.1 Å². The van der Waals surface area contributed by atoms with Gasteiger partial charge in [0.25, 0.3) is 0 Å². The van der Waals surface area contributed by atoms with Crippen LogP contribution in [0.2, 0.25) is 0 Å². The molecule has 5 nitrogen and oxygen atoms in total. The van der Waals surface area contributed by atoms with Crippen molar-refractivity contribution >= 4 is 27.7 Å². The Labute approximate surface area is 113 Å². The maximum atomic E-state index is 11.4. The minimum atomic E-state index is -0.543. The molecule has 1 aromatic heterocycles. The molecule has 1 heterocycles. The molecule has 6 heteroatoms. The van der Waals surface area contributed by atoms with Crippen molar-refractivity contribution in [3.8, 4) is 5.69 Å². The van der Waals surface area contributed by atoms with Crippen molar-refractivity contribution in [2.24, 2.45) is 0 Å². The Morgan fingerprint density at radius 1 is 1.50 bits per heavy atom. The number of hydrogen-bond acceptors (Lipinski definition) is 4. The second-order valence-electron chi connectivity index (χ2n) is 3.72. The topological polar surface area (TPSA) is 70.1 Å². The first kappa shape index (κ1) is 12.6. The van der Waals surface area contributed by atoms with Crippen molar-refractivity contribution in [2.75, 3.05) is 12.8 Å². The Kier molecular flexibility index (Phi) is 3.38. The molecule has 0 atom stereocenters. The molecule has 0 aliphatic rings. The van der Waals surface area contributed by atoms with Crippen LogP contribution in [-0.4, -0.2) is 22.6 Å². The van der Waals surface area contributed by atoms with E-state index in [2.05, 4.69) is 25.7 Å². The monoisotopic (exact) mass is 309 g/mol. The van der Waals surface area contributed by atoms with E-state index in [1.807, 2.05) is 25.1 Å². The fourth-order valence-corrected chi connectivity index (χ4v) is 2.02. The van der Waals surface area contributed by atoms with Crippen molar-refractivity contribution in [1.82, 2.24) is 9.55 Å². The fourth-order valence-electron chi connectivity index (χ4n) is 1.66. The molecule has 0 amide bonds. The zero-order valence-corrected chi connectivity index (χ0v) is 11.6. The van der Waals surface area contributed by atoms with Crippen LogP contribution in [0.5, 0.6) is 0 Å². The van der Waals surface area contributed by atoms with Gasteiger partial charge in [-0.1, -0.05) is 22.0 Å². The second-order valence-corrected chi connectivity index (χ2v) is 4.58. The molecule has 2 N–H and O–H groups in total. The third kappa shape index (κ3) is 1.99. The zero-order chi connectivity index (χ0) is 13.3. The lowest BCUT2D eigenvalue weighted by Gasteiger charge is -2.10. The summed E-state index contributed by atoms with van der Waals surface area (Å²) in [7, 11) is 1.30. The number of ether oxygens (including phenoxy) is 1. The molecule has 94 valence electrons. The van der Waals surface area contributed by atoms with Crippen LogP contribution in [0, 0.1) is 6.92 Å². The van der Waals surface area contributed by atoms with Gasteiger partial charge in [-0.3, -0.25) is 4.57 Å². The summed E-state index contributed by atoms with van der Waals surface area (Å²) in [6, 6.07) is 5.73. The average molecular weight is 310 g/mol. The lowest BCUT2D eigenvalue weighted by molar-refractivity contribution is 0.0596. The first-order valence-electron chi connectivity index (χ1n) is 5.23. The molecular weight excluding hydrogens is 298 g/mol. The fraction of sp³-hybridized carbons (Fsp3) is 0.167. The van der Waals surface area contributed by atoms with E-state index >= 15 is 0 Å². The number of halogens is 1. The van der Waals surface area contributed by atoms with Crippen molar-refractivity contribution in [2.45, 2.75) is 6.92 Å². The molecule has 0 aliphatic carbocycles. The van der Waals surface area contributed by atoms with Crippen LogP contribution in [0.15, 0.2) is 29.0 Å². The second kappa shape index (κ2) is 4.81. The van der Waals surface area contributed by atoms with E-state index in [1.165, 1.54) is 13.4 Å². The number of nitrogens with zero attached hydrogens (tertiary/aromatic N) is 2. The molecular formula is C12H12BrN3O2. The van der Waals surface area contributed by atoms with Gasteiger partial charge in [0.15, 0.2) is 5.69 Å². The van der Waals surface area contributed by atoms with Crippen LogP contribution in [-0.2, 0) is 4.74 Å². The number of methoxy groups -OCH3 is 1. The number of benzene rings is 1. The molecule has 0 saturated heterocycles. The Hall–Kier alpha value is -1.82. The van der Waals surface area contributed by atoms with E-state index in [4.69, 9.17) is 5.73 Å². The summed E-state index contributed by atoms with van der Waals surface area (Å²) in [5, 5.41) is 0. The molecule has 0 saturated carbocycles. The van der Waals surface area contributed by atoms with E-state index in [0.29, 0.717) is 0 Å². The van der Waals surface area contributed by atoms with Crippen LogP contribution < -0.4 is 5.73 Å². The summed E-state index contributed by atoms with van der Waals surface area (Å²) in [6.07, 6.45) is 1.51. The molecule has 2 aromatic rings. The number of esters is 1. The van der Waals surface area contributed by atoms with Crippen LogP contribution in [0.4, 0.5) is 5.82 Å². The van der Waals surface area contributed by atoms with Gasteiger partial charge in [0.2, 0.25) is 0 Å². The minimum absolute atomic E-state index is 0.122. The molecule has 1 aromatic carbocycles. The summed E-state index contributed by atoms with van der Waals surface area (Å²) >= 11 is 3.45. The normalized spacial score (nSPS) is 10.4. The maximum Gasteiger partial charge on any atom is 0.360 e. The number of rotatable bonds is 2. The highest BCUT2D eigenvalue weighted by Gasteiger charge is 2.17. The summed E-state index contributed by atoms with van der Waals surface area (Å²) in [5.74, 6) is -0.276. The minimum Gasteiger partial charge on any atom is -0.464 e. The van der Waals surface area contributed by atoms with Gasteiger partial charge in [-0.15, -0.1) is 0 Å². The summed E-state index contributed by atoms with van der Waals surface area (Å²) in [5.41, 5.74) is 7.91. The van der Waals surface area contributed by atoms with Gasteiger partial charge in [0, 0.05) is 4.47 Å². The molecule has 0 fully saturated rings. The van der Waals surface area contributed by atoms with E-state index in [-0.39, 0.29) is 11.5 Å². The van der Waals surface area contributed by atoms with Gasteiger partial charge < -0.3 is 10.5 Å². The van der Waals surface area contributed by atoms with Gasteiger partial charge in [-0.25, -0.2) is 9.78 Å². The van der Waals surface area contributed by atoms with E-state index in [0.717, 1.165) is 15.7 Å². The van der Waals surface area contributed by atoms with Gasteiger partial charge in [0.05, 0.1) is 12.8 Å². The van der Waals surface area contributed by atoms with Crippen LogP contribution in [0.25, 0.3) is 5.69 Å². The summed E-state index contributed by atoms with van der Waals surface area (Å²) in [4.78, 5) is 15.4. The highest BCUT2D eigenvalue weighted by atomic mass is 79.9. The van der Waals surface area contributed by atoms with Gasteiger partial charge in [-0.05, 0) is 24.6 Å². The van der Waals surface area contributed by atoms with Crippen LogP contribution >= 0.6 is 15.9 Å². The molecule has 0 aliphatic heterocycles. The number of imidazole rings is 1. The predicted molar refractivity (Wildman–Crippen MR) is 71.8 cm³/mol. The molecule has 0 spiro atoms. The van der Waals surface area contributed by atoms with E-state index in [1.54, 1.807) is 4.57 Å². The highest BCUT2D eigenvalue weighted by Crippen LogP contribution is 2.25. The summed E-state index contributed by atoms with van der Waals surface area (Å²) < 4.78 is 7.24. The average Bonchev–Trinajstić information content (AvgIpc) is 2.74. The Bertz CT molecular complexity index is 607. The SMILES string of the molecule is COC(=O)c1ncn(-c2cccc(Br)c2C)c1N. The first-order chi connectivity index (χ1) is 8.56. The smallest absolute Gasteiger partial charge is 0.360 e. The number of nitrogens with two attached hydrogens (primary N) is 1. The maximum absolute atomic E-state index is 11.4. The predicted octanol–water partition coefficient (Wildman–Crippen LogP) is 2.31. The van der Waals surface area contributed by atoms with Crippen molar-refractivity contribution in [3.63, 3.8) is 0 Å². The van der Waals surface area contributed by atoms with Crippen molar-refractivity contribution < 1.29 is 9.53 Å². The highest BCUT2D eigenvalue weighted by molar-refractivity contribution is 9.10. The third-order valence-corrected chi connectivity index (χ3v) is 3.54. The quantitative estimate of drug-likeness (QED) is 0.864. The van der Waals surface area contributed by atoms with Crippen LogP contribution in [0.1, 0.15) is 16.1 Å². The standard InChI is InChI=1S/C12H12BrN3O2/c1-7-8(13)4-3-5-9(7)16-6-15-10(11(16)14)12(17)18-2/h3-6H,14H2,1-2H3. The number of carbonyl (C=O) groups is 1. The lowest BCUT2D eigenvalue weighted by Crippen LogP contribution is -2.08. The van der Waals surface area contributed by atoms with E-state index < -0.39 is 5.97 Å². The first-order valence-corrected chi connectivity index (χ1v) is 6.02. The number of aromatic nitrogens is 2. The van der Waals surface area contributed by atoms with E-state index in [9.17, 15) is 4.79 Å². The lowest BCUT2D eigenvalue weighted by atomic mass is 10.2.